The van der Waals surface area contributed by atoms with Crippen LogP contribution in [0.2, 0.25) is 0 Å². The predicted octanol–water partition coefficient (Wildman–Crippen LogP) is 0.149. The first-order chi connectivity index (χ1) is 7.53. The number of piperazine rings is 1. The SMILES string of the molecule is CC1CN(C)CCN1C(=O)C1(C)CCNC1. The largest absolute Gasteiger partial charge is 0.337 e. The van der Waals surface area contributed by atoms with E-state index in [-0.39, 0.29) is 5.41 Å². The Kier molecular flexibility index (Phi) is 3.22. The normalized spacial score (nSPS) is 36.7. The van der Waals surface area contributed by atoms with Crippen LogP contribution in [-0.2, 0) is 4.79 Å². The van der Waals surface area contributed by atoms with E-state index in [0.717, 1.165) is 39.1 Å². The van der Waals surface area contributed by atoms with Gasteiger partial charge in [-0.25, -0.2) is 0 Å². The zero-order valence-electron chi connectivity index (χ0n) is 10.6. The van der Waals surface area contributed by atoms with Crippen molar-refractivity contribution in [3.63, 3.8) is 0 Å². The topological polar surface area (TPSA) is 35.6 Å². The number of nitrogens with one attached hydrogen (secondary N) is 1. The van der Waals surface area contributed by atoms with E-state index in [1.807, 2.05) is 0 Å². The Hall–Kier alpha value is -0.610. The molecular weight excluding hydrogens is 202 g/mol. The summed E-state index contributed by atoms with van der Waals surface area (Å²) in [7, 11) is 2.12. The van der Waals surface area contributed by atoms with Crippen LogP contribution in [0.3, 0.4) is 0 Å². The number of hydrogen-bond donors (Lipinski definition) is 1. The molecule has 1 N–H and O–H groups in total. The number of rotatable bonds is 1. The van der Waals surface area contributed by atoms with Crippen molar-refractivity contribution < 1.29 is 4.79 Å². The molecular formula is C12H23N3O. The molecule has 1 amide bonds. The fraction of sp³-hybridized carbons (Fsp3) is 0.917. The molecule has 2 unspecified atom stereocenters. The first-order valence-electron chi connectivity index (χ1n) is 6.23. The fourth-order valence-corrected chi connectivity index (χ4v) is 2.79. The first kappa shape index (κ1) is 11.9. The van der Waals surface area contributed by atoms with Crippen molar-refractivity contribution in [3.05, 3.63) is 0 Å². The van der Waals surface area contributed by atoms with E-state index in [4.69, 9.17) is 0 Å². The van der Waals surface area contributed by atoms with Gasteiger partial charge in [0, 0.05) is 32.2 Å². The van der Waals surface area contributed by atoms with Crippen molar-refractivity contribution in [1.82, 2.24) is 15.1 Å². The third-order valence-electron chi connectivity index (χ3n) is 3.98. The summed E-state index contributed by atoms with van der Waals surface area (Å²) < 4.78 is 0. The van der Waals surface area contributed by atoms with Gasteiger partial charge in [-0.15, -0.1) is 0 Å². The molecule has 16 heavy (non-hydrogen) atoms. The number of carbonyl (C=O) groups excluding carboxylic acids is 1. The van der Waals surface area contributed by atoms with Crippen LogP contribution in [0.1, 0.15) is 20.3 Å². The van der Waals surface area contributed by atoms with Crippen molar-refractivity contribution >= 4 is 5.91 Å². The van der Waals surface area contributed by atoms with Gasteiger partial charge >= 0.3 is 0 Å². The van der Waals surface area contributed by atoms with Gasteiger partial charge in [0.15, 0.2) is 0 Å². The Balaban J connectivity index is 2.04. The van der Waals surface area contributed by atoms with Gasteiger partial charge in [0.25, 0.3) is 0 Å². The molecule has 2 atom stereocenters. The van der Waals surface area contributed by atoms with E-state index in [1.165, 1.54) is 0 Å². The Labute approximate surface area is 98.0 Å². The average molecular weight is 225 g/mol. The Morgan fingerprint density at radius 3 is 2.75 bits per heavy atom. The lowest BCUT2D eigenvalue weighted by Gasteiger charge is -2.41. The molecule has 0 radical (unpaired) electrons. The van der Waals surface area contributed by atoms with E-state index < -0.39 is 0 Å². The summed E-state index contributed by atoms with van der Waals surface area (Å²) >= 11 is 0. The maximum absolute atomic E-state index is 12.5. The lowest BCUT2D eigenvalue weighted by atomic mass is 9.87. The molecule has 2 fully saturated rings. The highest BCUT2D eigenvalue weighted by atomic mass is 16.2. The quantitative estimate of drug-likeness (QED) is 0.690. The smallest absolute Gasteiger partial charge is 0.230 e. The molecule has 4 heteroatoms. The third-order valence-corrected chi connectivity index (χ3v) is 3.98. The summed E-state index contributed by atoms with van der Waals surface area (Å²) in [5, 5.41) is 3.30. The summed E-state index contributed by atoms with van der Waals surface area (Å²) in [6, 6.07) is 0.351. The van der Waals surface area contributed by atoms with Crippen LogP contribution in [0, 0.1) is 5.41 Å². The predicted molar refractivity (Wildman–Crippen MR) is 64.3 cm³/mol. The summed E-state index contributed by atoms with van der Waals surface area (Å²) in [6.45, 7) is 8.94. The van der Waals surface area contributed by atoms with Gasteiger partial charge in [-0.2, -0.15) is 0 Å². The maximum Gasteiger partial charge on any atom is 0.230 e. The second-order valence-electron chi connectivity index (χ2n) is 5.60. The van der Waals surface area contributed by atoms with Crippen LogP contribution in [0.5, 0.6) is 0 Å². The van der Waals surface area contributed by atoms with Crippen molar-refractivity contribution in [2.24, 2.45) is 5.41 Å². The molecule has 0 aromatic heterocycles. The molecule has 2 aliphatic heterocycles. The zero-order chi connectivity index (χ0) is 11.8. The highest BCUT2D eigenvalue weighted by Gasteiger charge is 2.41. The van der Waals surface area contributed by atoms with Crippen molar-refractivity contribution in [1.29, 1.82) is 0 Å². The van der Waals surface area contributed by atoms with Crippen molar-refractivity contribution in [3.8, 4) is 0 Å². The van der Waals surface area contributed by atoms with Gasteiger partial charge in [0.2, 0.25) is 5.91 Å². The first-order valence-corrected chi connectivity index (χ1v) is 6.23. The summed E-state index contributed by atoms with van der Waals surface area (Å²) in [4.78, 5) is 16.9. The monoisotopic (exact) mass is 225 g/mol. The molecule has 2 saturated heterocycles. The van der Waals surface area contributed by atoms with E-state index >= 15 is 0 Å². The minimum Gasteiger partial charge on any atom is -0.337 e. The molecule has 0 spiro atoms. The van der Waals surface area contributed by atoms with Gasteiger partial charge in [0.1, 0.15) is 0 Å². The van der Waals surface area contributed by atoms with Crippen LogP contribution in [0.4, 0.5) is 0 Å². The van der Waals surface area contributed by atoms with Gasteiger partial charge in [-0.05, 0) is 33.9 Å². The number of likely N-dealkylation sites (N-methyl/N-ethyl adjacent to an activating group) is 1. The van der Waals surface area contributed by atoms with Crippen LogP contribution < -0.4 is 5.32 Å². The Morgan fingerprint density at radius 1 is 1.44 bits per heavy atom. The number of carbonyl (C=O) groups is 1. The molecule has 0 aromatic carbocycles. The molecule has 2 heterocycles. The molecule has 0 bridgehead atoms. The van der Waals surface area contributed by atoms with E-state index in [9.17, 15) is 4.79 Å². The van der Waals surface area contributed by atoms with Gasteiger partial charge in [0.05, 0.1) is 5.41 Å². The average Bonchev–Trinajstić information content (AvgIpc) is 2.66. The third kappa shape index (κ3) is 2.09. The number of nitrogens with zero attached hydrogens (tertiary/aromatic N) is 2. The highest BCUT2D eigenvalue weighted by molar-refractivity contribution is 5.83. The second kappa shape index (κ2) is 4.34. The molecule has 2 aliphatic rings. The molecule has 4 nitrogen and oxygen atoms in total. The van der Waals surface area contributed by atoms with E-state index in [0.29, 0.717) is 11.9 Å². The molecule has 0 aromatic rings. The highest BCUT2D eigenvalue weighted by Crippen LogP contribution is 2.28. The second-order valence-corrected chi connectivity index (χ2v) is 5.60. The molecule has 0 aliphatic carbocycles. The lowest BCUT2D eigenvalue weighted by molar-refractivity contribution is -0.144. The van der Waals surface area contributed by atoms with Crippen LogP contribution in [0.25, 0.3) is 0 Å². The standard InChI is InChI=1S/C12H23N3O/c1-10-8-14(3)6-7-15(10)11(16)12(2)4-5-13-9-12/h10,13H,4-9H2,1-3H3. The van der Waals surface area contributed by atoms with Crippen molar-refractivity contribution in [2.45, 2.75) is 26.3 Å². The minimum atomic E-state index is -0.163. The van der Waals surface area contributed by atoms with Crippen LogP contribution in [-0.4, -0.2) is 61.5 Å². The summed E-state index contributed by atoms with van der Waals surface area (Å²) in [5.41, 5.74) is -0.163. The van der Waals surface area contributed by atoms with Gasteiger partial charge in [-0.3, -0.25) is 4.79 Å². The molecule has 0 saturated carbocycles. The van der Waals surface area contributed by atoms with Crippen LogP contribution >= 0.6 is 0 Å². The number of hydrogen-bond acceptors (Lipinski definition) is 3. The molecule has 2 rings (SSSR count). The van der Waals surface area contributed by atoms with Crippen molar-refractivity contribution in [2.75, 3.05) is 39.8 Å². The summed E-state index contributed by atoms with van der Waals surface area (Å²) in [5.74, 6) is 0.345. The van der Waals surface area contributed by atoms with E-state index in [2.05, 4.69) is 36.0 Å². The number of amides is 1. The van der Waals surface area contributed by atoms with Crippen LogP contribution in [0.15, 0.2) is 0 Å². The maximum atomic E-state index is 12.5. The minimum absolute atomic E-state index is 0.163. The van der Waals surface area contributed by atoms with Gasteiger partial charge in [-0.1, -0.05) is 0 Å². The van der Waals surface area contributed by atoms with E-state index in [1.54, 1.807) is 0 Å². The lowest BCUT2D eigenvalue weighted by Crippen LogP contribution is -2.56. The molecule has 92 valence electrons. The summed E-state index contributed by atoms with van der Waals surface area (Å²) in [6.07, 6.45) is 0.977. The zero-order valence-corrected chi connectivity index (χ0v) is 10.6. The fourth-order valence-electron chi connectivity index (χ4n) is 2.79. The Morgan fingerprint density at radius 2 is 2.19 bits per heavy atom. The Bertz CT molecular complexity index is 273. The van der Waals surface area contributed by atoms with Gasteiger partial charge < -0.3 is 15.1 Å².